The minimum absolute atomic E-state index is 0.216. The Morgan fingerprint density at radius 2 is 2.22 bits per heavy atom. The van der Waals surface area contributed by atoms with Gasteiger partial charge in [0.1, 0.15) is 5.76 Å². The number of benzene rings is 1. The molecule has 0 spiro atoms. The molecule has 0 radical (unpaired) electrons. The molecule has 96 valence electrons. The zero-order chi connectivity index (χ0) is 13.0. The van der Waals surface area contributed by atoms with Crippen LogP contribution < -0.4 is 5.32 Å². The Labute approximate surface area is 120 Å². The van der Waals surface area contributed by atoms with Gasteiger partial charge in [-0.2, -0.15) is 0 Å². The van der Waals surface area contributed by atoms with Gasteiger partial charge in [0.25, 0.3) is 0 Å². The van der Waals surface area contributed by atoms with Crippen molar-refractivity contribution in [2.24, 2.45) is 0 Å². The molecule has 1 atom stereocenters. The highest BCUT2D eigenvalue weighted by Crippen LogP contribution is 2.28. The summed E-state index contributed by atoms with van der Waals surface area (Å²) in [7, 11) is 0. The van der Waals surface area contributed by atoms with Crippen LogP contribution in [0.5, 0.6) is 0 Å². The average Bonchev–Trinajstić information content (AvgIpc) is 2.81. The number of furan rings is 1. The van der Waals surface area contributed by atoms with Gasteiger partial charge in [-0.05, 0) is 36.4 Å². The zero-order valence-corrected chi connectivity index (χ0v) is 12.5. The summed E-state index contributed by atoms with van der Waals surface area (Å²) >= 11 is 9.54. The molecule has 2 rings (SSSR count). The lowest BCUT2D eigenvalue weighted by molar-refractivity contribution is 0.454. The quantitative estimate of drug-likeness (QED) is 0.868. The molecule has 2 aromatic rings. The number of likely N-dealkylation sites (N-methyl/N-ethyl adjacent to an activating group) is 1. The first-order chi connectivity index (χ1) is 8.70. The molecule has 0 saturated heterocycles. The second kappa shape index (κ2) is 6.41. The van der Waals surface area contributed by atoms with Crippen molar-refractivity contribution in [2.75, 3.05) is 6.54 Å². The molecule has 0 saturated carbocycles. The second-order valence-electron chi connectivity index (χ2n) is 4.06. The molecule has 18 heavy (non-hydrogen) atoms. The molecule has 1 aromatic heterocycles. The first-order valence-corrected chi connectivity index (χ1v) is 7.08. The Kier molecular flexibility index (Phi) is 4.87. The Morgan fingerprint density at radius 3 is 2.83 bits per heavy atom. The van der Waals surface area contributed by atoms with Gasteiger partial charge in [0.05, 0.1) is 6.26 Å². The SMILES string of the molecule is CCNC(Cc1ccco1)c1ccc(Cl)cc1Br. The Hall–Kier alpha value is -0.770. The van der Waals surface area contributed by atoms with Gasteiger partial charge in [0, 0.05) is 22.0 Å². The van der Waals surface area contributed by atoms with Crippen LogP contribution in [-0.2, 0) is 6.42 Å². The van der Waals surface area contributed by atoms with Crippen LogP contribution in [0.1, 0.15) is 24.3 Å². The summed E-state index contributed by atoms with van der Waals surface area (Å²) in [5.74, 6) is 0.975. The predicted octanol–water partition coefficient (Wildman–Crippen LogP) is 4.59. The summed E-state index contributed by atoms with van der Waals surface area (Å²) in [6, 6.07) is 10.00. The van der Waals surface area contributed by atoms with E-state index in [1.807, 2.05) is 30.3 Å². The molecule has 0 aliphatic heterocycles. The van der Waals surface area contributed by atoms with Crippen LogP contribution in [0.4, 0.5) is 0 Å². The maximum absolute atomic E-state index is 5.97. The van der Waals surface area contributed by atoms with Crippen molar-refractivity contribution in [1.82, 2.24) is 5.32 Å². The third-order valence-corrected chi connectivity index (χ3v) is 3.70. The topological polar surface area (TPSA) is 25.2 Å². The molecule has 0 bridgehead atoms. The maximum atomic E-state index is 5.97. The molecule has 2 nitrogen and oxygen atoms in total. The third kappa shape index (κ3) is 3.37. The van der Waals surface area contributed by atoms with E-state index >= 15 is 0 Å². The van der Waals surface area contributed by atoms with E-state index < -0.39 is 0 Å². The minimum atomic E-state index is 0.216. The van der Waals surface area contributed by atoms with Crippen molar-refractivity contribution in [3.63, 3.8) is 0 Å². The van der Waals surface area contributed by atoms with Gasteiger partial charge in [-0.25, -0.2) is 0 Å². The normalized spacial score (nSPS) is 12.6. The highest BCUT2D eigenvalue weighted by molar-refractivity contribution is 9.10. The summed E-state index contributed by atoms with van der Waals surface area (Å²) in [6.45, 7) is 3.00. The van der Waals surface area contributed by atoms with Crippen LogP contribution >= 0.6 is 27.5 Å². The van der Waals surface area contributed by atoms with Crippen LogP contribution in [0.15, 0.2) is 45.5 Å². The summed E-state index contributed by atoms with van der Waals surface area (Å²) in [5, 5.41) is 4.20. The predicted molar refractivity (Wildman–Crippen MR) is 78.0 cm³/mol. The molecule has 0 aliphatic rings. The van der Waals surface area contributed by atoms with Gasteiger partial charge >= 0.3 is 0 Å². The third-order valence-electron chi connectivity index (χ3n) is 2.77. The molecule has 1 N–H and O–H groups in total. The van der Waals surface area contributed by atoms with E-state index in [-0.39, 0.29) is 6.04 Å². The molecule has 1 heterocycles. The van der Waals surface area contributed by atoms with E-state index in [1.165, 1.54) is 5.56 Å². The van der Waals surface area contributed by atoms with E-state index in [0.29, 0.717) is 0 Å². The van der Waals surface area contributed by atoms with Crippen molar-refractivity contribution < 1.29 is 4.42 Å². The fraction of sp³-hybridized carbons (Fsp3) is 0.286. The van der Waals surface area contributed by atoms with Crippen LogP contribution in [0.2, 0.25) is 5.02 Å². The molecule has 0 fully saturated rings. The molecule has 1 unspecified atom stereocenters. The van der Waals surface area contributed by atoms with Crippen molar-refractivity contribution in [2.45, 2.75) is 19.4 Å². The van der Waals surface area contributed by atoms with E-state index in [0.717, 1.165) is 28.2 Å². The fourth-order valence-electron chi connectivity index (χ4n) is 1.95. The van der Waals surface area contributed by atoms with Gasteiger partial charge in [-0.1, -0.05) is 40.5 Å². The number of hydrogen-bond acceptors (Lipinski definition) is 2. The van der Waals surface area contributed by atoms with Crippen molar-refractivity contribution in [3.05, 3.63) is 57.4 Å². The molecular weight excluding hydrogens is 314 g/mol. The molecule has 0 aliphatic carbocycles. The first kappa shape index (κ1) is 13.7. The van der Waals surface area contributed by atoms with Gasteiger partial charge in [0.15, 0.2) is 0 Å². The fourth-order valence-corrected chi connectivity index (χ4v) is 2.91. The van der Waals surface area contributed by atoms with Gasteiger partial charge in [-0.15, -0.1) is 0 Å². The van der Waals surface area contributed by atoms with E-state index in [4.69, 9.17) is 16.0 Å². The second-order valence-corrected chi connectivity index (χ2v) is 5.35. The first-order valence-electron chi connectivity index (χ1n) is 5.91. The number of hydrogen-bond donors (Lipinski definition) is 1. The summed E-state index contributed by atoms with van der Waals surface area (Å²) in [4.78, 5) is 0. The summed E-state index contributed by atoms with van der Waals surface area (Å²) < 4.78 is 6.43. The van der Waals surface area contributed by atoms with Crippen LogP contribution in [-0.4, -0.2) is 6.54 Å². The lowest BCUT2D eigenvalue weighted by Crippen LogP contribution is -2.23. The standard InChI is InChI=1S/C14H15BrClNO/c1-2-17-14(9-11-4-3-7-18-11)12-6-5-10(16)8-13(12)15/h3-8,14,17H,2,9H2,1H3. The van der Waals surface area contributed by atoms with Crippen LogP contribution in [0.25, 0.3) is 0 Å². The average molecular weight is 329 g/mol. The Bertz CT molecular complexity index is 499. The monoisotopic (exact) mass is 327 g/mol. The van der Waals surface area contributed by atoms with Crippen LogP contribution in [0.3, 0.4) is 0 Å². The Morgan fingerprint density at radius 1 is 1.39 bits per heavy atom. The Balaban J connectivity index is 2.23. The molecular formula is C14H15BrClNO. The van der Waals surface area contributed by atoms with Gasteiger partial charge < -0.3 is 9.73 Å². The highest BCUT2D eigenvalue weighted by Gasteiger charge is 2.15. The van der Waals surface area contributed by atoms with E-state index in [2.05, 4.69) is 28.2 Å². The number of nitrogens with one attached hydrogen (secondary N) is 1. The molecule has 0 amide bonds. The molecule has 1 aromatic carbocycles. The van der Waals surface area contributed by atoms with E-state index in [9.17, 15) is 0 Å². The largest absolute Gasteiger partial charge is 0.469 e. The summed E-state index contributed by atoms with van der Waals surface area (Å²) in [6.07, 6.45) is 2.52. The smallest absolute Gasteiger partial charge is 0.105 e. The van der Waals surface area contributed by atoms with Gasteiger partial charge in [-0.3, -0.25) is 0 Å². The lowest BCUT2D eigenvalue weighted by Gasteiger charge is -2.19. The van der Waals surface area contributed by atoms with Crippen molar-refractivity contribution in [3.8, 4) is 0 Å². The van der Waals surface area contributed by atoms with Crippen molar-refractivity contribution in [1.29, 1.82) is 0 Å². The maximum Gasteiger partial charge on any atom is 0.105 e. The van der Waals surface area contributed by atoms with Crippen molar-refractivity contribution >= 4 is 27.5 Å². The number of halogens is 2. The molecule has 4 heteroatoms. The number of rotatable bonds is 5. The minimum Gasteiger partial charge on any atom is -0.469 e. The van der Waals surface area contributed by atoms with E-state index in [1.54, 1.807) is 6.26 Å². The van der Waals surface area contributed by atoms with Crippen LogP contribution in [0, 0.1) is 0 Å². The lowest BCUT2D eigenvalue weighted by atomic mass is 10.0. The van der Waals surface area contributed by atoms with Gasteiger partial charge in [0.2, 0.25) is 0 Å². The zero-order valence-electron chi connectivity index (χ0n) is 10.1. The highest BCUT2D eigenvalue weighted by atomic mass is 79.9. The summed E-state index contributed by atoms with van der Waals surface area (Å²) in [5.41, 5.74) is 1.19.